The van der Waals surface area contributed by atoms with E-state index in [-0.39, 0.29) is 40.4 Å². The van der Waals surface area contributed by atoms with Gasteiger partial charge in [-0.3, -0.25) is 9.36 Å². The van der Waals surface area contributed by atoms with Crippen LogP contribution >= 0.6 is 11.6 Å². The molecule has 2 unspecified atom stereocenters. The first-order chi connectivity index (χ1) is 19.1. The standard InChI is InChI=1S/C28H31ClN6O5/c1-14-10-16(15(2)30-20-6-7-21(29)31-23(20)26(37)38)22-17(11-14)25(36)33(3)27(32-22)35-12-18-19(13-35)24(18)40-28(39)34-8-4-5-9-34/h6-7,10-11,15,18-19,24,30H,4-5,8-9,12-13H2,1-3H3,(H,37,38)/t15?,18-,19+,24?. The number of nitrogens with one attached hydrogen (secondary N) is 1. The molecule has 1 aromatic carbocycles. The number of aromatic carboxylic acids is 1. The summed E-state index contributed by atoms with van der Waals surface area (Å²) in [5, 5.41) is 13.4. The van der Waals surface area contributed by atoms with E-state index in [1.807, 2.05) is 26.0 Å². The summed E-state index contributed by atoms with van der Waals surface area (Å²) in [5.41, 5.74) is 2.19. The van der Waals surface area contributed by atoms with Crippen LogP contribution in [0.15, 0.2) is 29.1 Å². The smallest absolute Gasteiger partial charge is 0.410 e. The number of anilines is 2. The second kappa shape index (κ2) is 9.96. The Morgan fingerprint density at radius 1 is 1.15 bits per heavy atom. The van der Waals surface area contributed by atoms with Gasteiger partial charge in [0, 0.05) is 50.6 Å². The lowest BCUT2D eigenvalue weighted by Gasteiger charge is -2.25. The Hall–Kier alpha value is -3.86. The van der Waals surface area contributed by atoms with Crippen LogP contribution in [0.5, 0.6) is 0 Å². The molecule has 3 aliphatic rings. The molecule has 12 heteroatoms. The van der Waals surface area contributed by atoms with Gasteiger partial charge in [0.2, 0.25) is 5.95 Å². The molecular formula is C28H31ClN6O5. The van der Waals surface area contributed by atoms with Gasteiger partial charge in [0.15, 0.2) is 5.69 Å². The summed E-state index contributed by atoms with van der Waals surface area (Å²) in [6.07, 6.45) is 1.74. The fraction of sp³-hybridized carbons (Fsp3) is 0.464. The maximum absolute atomic E-state index is 13.5. The first-order valence-corrected chi connectivity index (χ1v) is 13.9. The van der Waals surface area contributed by atoms with E-state index in [4.69, 9.17) is 21.3 Å². The number of carboxylic acid groups (broad SMARTS) is 1. The molecule has 210 valence electrons. The van der Waals surface area contributed by atoms with Crippen molar-refractivity contribution in [2.75, 3.05) is 36.4 Å². The van der Waals surface area contributed by atoms with E-state index in [0.717, 1.165) is 37.1 Å². The van der Waals surface area contributed by atoms with E-state index in [9.17, 15) is 19.5 Å². The number of aromatic nitrogens is 3. The Morgan fingerprint density at radius 2 is 1.85 bits per heavy atom. The van der Waals surface area contributed by atoms with Gasteiger partial charge in [-0.05, 0) is 50.5 Å². The lowest BCUT2D eigenvalue weighted by Crippen LogP contribution is -2.35. The van der Waals surface area contributed by atoms with Crippen LogP contribution in [0, 0.1) is 18.8 Å². The van der Waals surface area contributed by atoms with Crippen LogP contribution in [0.4, 0.5) is 16.4 Å². The van der Waals surface area contributed by atoms with Gasteiger partial charge in [0.1, 0.15) is 11.3 Å². The number of nitrogens with zero attached hydrogens (tertiary/aromatic N) is 5. The molecule has 1 aliphatic carbocycles. The van der Waals surface area contributed by atoms with Gasteiger partial charge < -0.3 is 25.0 Å². The van der Waals surface area contributed by atoms with E-state index >= 15 is 0 Å². The number of ether oxygens (including phenoxy) is 1. The molecule has 1 saturated carbocycles. The molecule has 0 radical (unpaired) electrons. The van der Waals surface area contributed by atoms with Gasteiger partial charge in [0.25, 0.3) is 5.56 Å². The number of benzene rings is 1. The van der Waals surface area contributed by atoms with Crippen molar-refractivity contribution in [3.8, 4) is 0 Å². The summed E-state index contributed by atoms with van der Waals surface area (Å²) < 4.78 is 7.36. The van der Waals surface area contributed by atoms with Gasteiger partial charge in [0.05, 0.1) is 22.6 Å². The zero-order valence-electron chi connectivity index (χ0n) is 22.6. The summed E-state index contributed by atoms with van der Waals surface area (Å²) in [7, 11) is 1.72. The molecule has 6 rings (SSSR count). The van der Waals surface area contributed by atoms with Crippen molar-refractivity contribution in [2.45, 2.75) is 38.8 Å². The van der Waals surface area contributed by atoms with Crippen LogP contribution in [0.25, 0.3) is 10.9 Å². The molecule has 40 heavy (non-hydrogen) atoms. The van der Waals surface area contributed by atoms with Crippen LogP contribution < -0.4 is 15.8 Å². The molecule has 4 atom stereocenters. The monoisotopic (exact) mass is 566 g/mol. The summed E-state index contributed by atoms with van der Waals surface area (Å²) in [6, 6.07) is 6.49. The van der Waals surface area contributed by atoms with Crippen molar-refractivity contribution in [1.82, 2.24) is 19.4 Å². The minimum absolute atomic E-state index is 0.0827. The fourth-order valence-electron chi connectivity index (χ4n) is 6.08. The predicted octanol–water partition coefficient (Wildman–Crippen LogP) is 3.83. The van der Waals surface area contributed by atoms with Crippen LogP contribution in [0.2, 0.25) is 5.15 Å². The minimum Gasteiger partial charge on any atom is -0.476 e. The third kappa shape index (κ3) is 4.61. The number of carbonyl (C=O) groups excluding carboxylic acids is 1. The summed E-state index contributed by atoms with van der Waals surface area (Å²) in [4.78, 5) is 50.5. The predicted molar refractivity (Wildman–Crippen MR) is 150 cm³/mol. The third-order valence-electron chi connectivity index (χ3n) is 8.23. The highest BCUT2D eigenvalue weighted by Gasteiger charge is 2.59. The number of likely N-dealkylation sites (tertiary alicyclic amines) is 1. The quantitative estimate of drug-likeness (QED) is 0.427. The molecule has 2 N–H and O–H groups in total. The maximum Gasteiger partial charge on any atom is 0.410 e. The molecule has 11 nitrogen and oxygen atoms in total. The van der Waals surface area contributed by atoms with E-state index < -0.39 is 12.0 Å². The van der Waals surface area contributed by atoms with Crippen LogP contribution in [-0.4, -0.2) is 68.9 Å². The fourth-order valence-corrected chi connectivity index (χ4v) is 6.23. The Kier molecular flexibility index (Phi) is 6.56. The average molecular weight is 567 g/mol. The molecule has 2 aliphatic heterocycles. The Morgan fingerprint density at radius 3 is 2.52 bits per heavy atom. The first-order valence-electron chi connectivity index (χ1n) is 13.5. The highest BCUT2D eigenvalue weighted by atomic mass is 35.5. The number of fused-ring (bicyclic) bond motifs is 2. The van der Waals surface area contributed by atoms with Gasteiger partial charge >= 0.3 is 12.1 Å². The Bertz CT molecular complexity index is 1570. The number of aryl methyl sites for hydroxylation is 1. The SMILES string of the molecule is Cc1cc(C(C)Nc2ccc(Cl)nc2C(=O)O)c2nc(N3C[C@@H]4C(OC(=O)N5CCCC5)[C@@H]4C3)n(C)c(=O)c2c1. The van der Waals surface area contributed by atoms with Gasteiger partial charge in [-0.2, -0.15) is 0 Å². The van der Waals surface area contributed by atoms with Crippen LogP contribution in [0.3, 0.4) is 0 Å². The number of carbonyl (C=O) groups is 2. The van der Waals surface area contributed by atoms with E-state index in [0.29, 0.717) is 35.6 Å². The lowest BCUT2D eigenvalue weighted by atomic mass is 10.0. The molecule has 0 spiro atoms. The highest BCUT2D eigenvalue weighted by molar-refractivity contribution is 6.29. The molecule has 1 amide bonds. The van der Waals surface area contributed by atoms with E-state index in [1.54, 1.807) is 22.6 Å². The summed E-state index contributed by atoms with van der Waals surface area (Å²) in [5.74, 6) is -0.184. The number of halogens is 1. The molecule has 3 fully saturated rings. The van der Waals surface area contributed by atoms with Crippen molar-refractivity contribution in [3.63, 3.8) is 0 Å². The first kappa shape index (κ1) is 26.4. The molecular weight excluding hydrogens is 536 g/mol. The number of hydrogen-bond donors (Lipinski definition) is 2. The number of amides is 1. The lowest BCUT2D eigenvalue weighted by molar-refractivity contribution is 0.0691. The zero-order valence-corrected chi connectivity index (χ0v) is 23.3. The largest absolute Gasteiger partial charge is 0.476 e. The number of rotatable bonds is 6. The number of hydrogen-bond acceptors (Lipinski definition) is 8. The van der Waals surface area contributed by atoms with Gasteiger partial charge in [-0.15, -0.1) is 0 Å². The van der Waals surface area contributed by atoms with E-state index in [1.165, 1.54) is 6.07 Å². The topological polar surface area (TPSA) is 130 Å². The molecule has 3 aromatic rings. The molecule has 4 heterocycles. The van der Waals surface area contributed by atoms with Crippen LogP contribution in [0.1, 0.15) is 47.4 Å². The Balaban J connectivity index is 1.27. The Labute approximate surface area is 235 Å². The zero-order chi connectivity index (χ0) is 28.3. The van der Waals surface area contributed by atoms with Crippen LogP contribution in [-0.2, 0) is 11.8 Å². The highest BCUT2D eigenvalue weighted by Crippen LogP contribution is 2.49. The number of pyridine rings is 1. The molecule has 0 bridgehead atoms. The second-order valence-corrected chi connectivity index (χ2v) is 11.4. The summed E-state index contributed by atoms with van der Waals surface area (Å²) in [6.45, 7) is 6.63. The second-order valence-electron chi connectivity index (χ2n) is 11.0. The van der Waals surface area contributed by atoms with E-state index in [2.05, 4.69) is 15.2 Å². The average Bonchev–Trinajstić information content (AvgIpc) is 3.31. The molecule has 2 aromatic heterocycles. The van der Waals surface area contributed by atoms with Crippen molar-refractivity contribution >= 4 is 46.2 Å². The van der Waals surface area contributed by atoms with Crippen molar-refractivity contribution in [2.24, 2.45) is 18.9 Å². The number of carboxylic acids is 1. The minimum atomic E-state index is -1.20. The van der Waals surface area contributed by atoms with Crippen molar-refractivity contribution in [1.29, 1.82) is 0 Å². The normalized spacial score (nSPS) is 22.4. The van der Waals surface area contributed by atoms with Gasteiger partial charge in [-0.25, -0.2) is 19.6 Å². The number of piperidine rings is 1. The van der Waals surface area contributed by atoms with Crippen molar-refractivity contribution in [3.05, 3.63) is 56.6 Å². The molecule has 2 saturated heterocycles. The summed E-state index contributed by atoms with van der Waals surface area (Å²) >= 11 is 5.92. The third-order valence-corrected chi connectivity index (χ3v) is 8.44. The van der Waals surface area contributed by atoms with Crippen molar-refractivity contribution < 1.29 is 19.4 Å². The van der Waals surface area contributed by atoms with Gasteiger partial charge in [-0.1, -0.05) is 17.7 Å². The maximum atomic E-state index is 13.5.